The Morgan fingerprint density at radius 1 is 0.811 bits per heavy atom. The zero-order valence-electron chi connectivity index (χ0n) is 29.6. The molecule has 2 saturated heterocycles. The molecule has 5 aromatic rings. The average molecular weight is 755 g/mol. The minimum absolute atomic E-state index is 0.0646. The molecule has 0 aliphatic carbocycles. The molecule has 0 spiro atoms. The summed E-state index contributed by atoms with van der Waals surface area (Å²) in [5.41, 5.74) is 7.12. The number of ether oxygens (including phenoxy) is 1. The van der Waals surface area contributed by atoms with Crippen LogP contribution in [-0.4, -0.2) is 58.5 Å². The van der Waals surface area contributed by atoms with Crippen LogP contribution in [0.2, 0.25) is 10.0 Å². The number of carbonyl (C=O) groups excluding carboxylic acids is 2. The van der Waals surface area contributed by atoms with E-state index in [1.54, 1.807) is 17.7 Å². The molecule has 2 aliphatic heterocycles. The van der Waals surface area contributed by atoms with Crippen LogP contribution in [-0.2, 0) is 29.1 Å². The van der Waals surface area contributed by atoms with Gasteiger partial charge in [0.1, 0.15) is 5.65 Å². The average Bonchev–Trinajstić information content (AvgIpc) is 3.79. The lowest BCUT2D eigenvalue weighted by atomic mass is 9.97. The van der Waals surface area contributed by atoms with Crippen molar-refractivity contribution in [3.8, 4) is 39.4 Å². The van der Waals surface area contributed by atoms with E-state index < -0.39 is 0 Å². The third-order valence-corrected chi connectivity index (χ3v) is 10.7. The van der Waals surface area contributed by atoms with Crippen LogP contribution >= 0.6 is 23.2 Å². The minimum Gasteiger partial charge on any atom is -0.481 e. The lowest BCUT2D eigenvalue weighted by Crippen LogP contribution is -2.37. The Labute approximate surface area is 317 Å². The van der Waals surface area contributed by atoms with Gasteiger partial charge in [0, 0.05) is 85.1 Å². The van der Waals surface area contributed by atoms with Crippen LogP contribution < -0.4 is 31.6 Å². The molecule has 2 atom stereocenters. The standard InChI is InChI=1S/C40H41Cl2N7O4/c1-3-32-31(22-44-21-26-12-15-36(51)46-26)40(52)49-17-16-23(18-34(49)47-32)27-6-4-7-28(37(27)41)29-8-5-9-30(38(29)42)33-13-10-24(39(48-33)53-2)19-43-20-25-11-14-35(50)45-25/h4-10,13,16-18,25-26,43-44H,3,11-12,14-15,19-22H2,1-2H3,(H,45,50)(H,46,51). The maximum Gasteiger partial charge on any atom is 0.262 e. The Morgan fingerprint density at radius 2 is 1.43 bits per heavy atom. The summed E-state index contributed by atoms with van der Waals surface area (Å²) < 4.78 is 7.22. The molecule has 2 amide bonds. The van der Waals surface area contributed by atoms with E-state index in [-0.39, 0.29) is 29.5 Å². The van der Waals surface area contributed by atoms with E-state index in [4.69, 9.17) is 37.9 Å². The van der Waals surface area contributed by atoms with E-state index in [2.05, 4.69) is 21.3 Å². The van der Waals surface area contributed by atoms with Crippen LogP contribution in [0.1, 0.15) is 49.4 Å². The topological polar surface area (TPSA) is 139 Å². The lowest BCUT2D eigenvalue weighted by molar-refractivity contribution is -0.120. The summed E-state index contributed by atoms with van der Waals surface area (Å²) in [7, 11) is 1.59. The summed E-state index contributed by atoms with van der Waals surface area (Å²) >= 11 is 14.3. The normalized spacial score (nSPS) is 17.0. The molecule has 13 heteroatoms. The molecule has 7 rings (SSSR count). The van der Waals surface area contributed by atoms with Gasteiger partial charge in [0.15, 0.2) is 0 Å². The van der Waals surface area contributed by atoms with Crippen molar-refractivity contribution in [3.63, 3.8) is 0 Å². The highest BCUT2D eigenvalue weighted by atomic mass is 35.5. The van der Waals surface area contributed by atoms with Crippen molar-refractivity contribution in [2.75, 3.05) is 20.2 Å². The van der Waals surface area contributed by atoms with Gasteiger partial charge in [0.05, 0.1) is 34.1 Å². The van der Waals surface area contributed by atoms with Crippen LogP contribution in [0.25, 0.3) is 39.2 Å². The summed E-state index contributed by atoms with van der Waals surface area (Å²) in [6.45, 7) is 4.15. The fraction of sp³-hybridized carbons (Fsp3) is 0.325. The van der Waals surface area contributed by atoms with Gasteiger partial charge in [0.2, 0.25) is 17.7 Å². The number of hydrogen-bond donors (Lipinski definition) is 4. The van der Waals surface area contributed by atoms with Crippen molar-refractivity contribution in [2.24, 2.45) is 0 Å². The molecule has 274 valence electrons. The number of methoxy groups -OCH3 is 1. The van der Waals surface area contributed by atoms with Crippen molar-refractivity contribution in [1.29, 1.82) is 0 Å². The number of benzene rings is 2. The van der Waals surface area contributed by atoms with E-state index in [0.717, 1.165) is 51.9 Å². The zero-order valence-corrected chi connectivity index (χ0v) is 31.1. The molecule has 2 aliphatic rings. The van der Waals surface area contributed by atoms with Gasteiger partial charge in [-0.15, -0.1) is 0 Å². The van der Waals surface area contributed by atoms with Crippen LogP contribution in [0.4, 0.5) is 0 Å². The van der Waals surface area contributed by atoms with Crippen LogP contribution in [0, 0.1) is 0 Å². The maximum atomic E-state index is 13.6. The van der Waals surface area contributed by atoms with Gasteiger partial charge in [-0.1, -0.05) is 72.6 Å². The van der Waals surface area contributed by atoms with Crippen molar-refractivity contribution in [2.45, 2.75) is 64.2 Å². The fourth-order valence-electron chi connectivity index (χ4n) is 7.10. The van der Waals surface area contributed by atoms with Gasteiger partial charge in [0.25, 0.3) is 5.56 Å². The number of aryl methyl sites for hydroxylation is 1. The Hall–Kier alpha value is -4.81. The minimum atomic E-state index is -0.126. The number of fused-ring (bicyclic) bond motifs is 1. The Balaban J connectivity index is 1.13. The molecule has 0 radical (unpaired) electrons. The Morgan fingerprint density at radius 3 is 2.06 bits per heavy atom. The van der Waals surface area contributed by atoms with Crippen molar-refractivity contribution < 1.29 is 14.3 Å². The predicted molar refractivity (Wildman–Crippen MR) is 207 cm³/mol. The van der Waals surface area contributed by atoms with E-state index >= 15 is 0 Å². The Kier molecular flexibility index (Phi) is 11.1. The summed E-state index contributed by atoms with van der Waals surface area (Å²) in [4.78, 5) is 46.4. The number of amides is 2. The highest BCUT2D eigenvalue weighted by Gasteiger charge is 2.23. The van der Waals surface area contributed by atoms with Gasteiger partial charge in [-0.05, 0) is 43.0 Å². The number of nitrogens with one attached hydrogen (secondary N) is 4. The van der Waals surface area contributed by atoms with Crippen molar-refractivity contribution in [3.05, 3.63) is 104 Å². The number of hydrogen-bond acceptors (Lipinski definition) is 8. The number of nitrogens with zero attached hydrogens (tertiary/aromatic N) is 3. The summed E-state index contributed by atoms with van der Waals surface area (Å²) in [6, 6.07) is 19.4. The van der Waals surface area contributed by atoms with Gasteiger partial charge >= 0.3 is 0 Å². The first kappa shape index (κ1) is 36.5. The first-order chi connectivity index (χ1) is 25.7. The smallest absolute Gasteiger partial charge is 0.262 e. The SMILES string of the molecule is CCc1nc2cc(-c3cccc(-c4cccc(-c5ccc(CNCC6CCC(=O)N6)c(OC)n5)c4Cl)c3Cl)ccn2c(=O)c1CNCC1CCC(=O)N1. The van der Waals surface area contributed by atoms with Crippen LogP contribution in [0.5, 0.6) is 5.88 Å². The quantitative estimate of drug-likeness (QED) is 0.120. The summed E-state index contributed by atoms with van der Waals surface area (Å²) in [5, 5.41) is 13.7. The molecule has 5 heterocycles. The number of pyridine rings is 2. The third-order valence-electron chi connectivity index (χ3n) is 9.92. The molecule has 11 nitrogen and oxygen atoms in total. The largest absolute Gasteiger partial charge is 0.481 e. The molecule has 2 unspecified atom stereocenters. The second kappa shape index (κ2) is 16.1. The highest BCUT2D eigenvalue weighted by Crippen LogP contribution is 2.42. The monoisotopic (exact) mass is 753 g/mol. The number of halogens is 2. The Bertz CT molecular complexity index is 2260. The number of aromatic nitrogens is 3. The third kappa shape index (κ3) is 7.79. The highest BCUT2D eigenvalue weighted by molar-refractivity contribution is 6.39. The lowest BCUT2D eigenvalue weighted by Gasteiger charge is -2.16. The van der Waals surface area contributed by atoms with E-state index in [0.29, 0.717) is 78.3 Å². The first-order valence-electron chi connectivity index (χ1n) is 17.9. The molecule has 2 fully saturated rings. The van der Waals surface area contributed by atoms with Crippen LogP contribution in [0.3, 0.4) is 0 Å². The van der Waals surface area contributed by atoms with E-state index in [1.165, 1.54) is 0 Å². The zero-order chi connectivity index (χ0) is 37.1. The fourth-order valence-corrected chi connectivity index (χ4v) is 7.76. The predicted octanol–water partition coefficient (Wildman–Crippen LogP) is 5.70. The second-order valence-corrected chi connectivity index (χ2v) is 14.2. The van der Waals surface area contributed by atoms with E-state index in [1.807, 2.05) is 67.6 Å². The second-order valence-electron chi connectivity index (χ2n) is 13.4. The molecule has 3 aromatic heterocycles. The van der Waals surface area contributed by atoms with Gasteiger partial charge in [-0.3, -0.25) is 18.8 Å². The molecular weight excluding hydrogens is 713 g/mol. The summed E-state index contributed by atoms with van der Waals surface area (Å²) in [6.07, 6.45) is 5.05. The van der Waals surface area contributed by atoms with Gasteiger partial charge < -0.3 is 26.0 Å². The van der Waals surface area contributed by atoms with E-state index in [9.17, 15) is 14.4 Å². The first-order valence-corrected chi connectivity index (χ1v) is 18.7. The summed E-state index contributed by atoms with van der Waals surface area (Å²) in [5.74, 6) is 0.647. The molecule has 2 aromatic carbocycles. The number of rotatable bonds is 13. The van der Waals surface area contributed by atoms with Crippen molar-refractivity contribution >= 4 is 40.7 Å². The van der Waals surface area contributed by atoms with Crippen LogP contribution in [0.15, 0.2) is 71.7 Å². The number of carbonyl (C=O) groups is 2. The van der Waals surface area contributed by atoms with Gasteiger partial charge in [-0.2, -0.15) is 0 Å². The molecule has 0 bridgehead atoms. The molecule has 0 saturated carbocycles. The molecule has 4 N–H and O–H groups in total. The van der Waals surface area contributed by atoms with Gasteiger partial charge in [-0.25, -0.2) is 9.97 Å². The van der Waals surface area contributed by atoms with Crippen molar-refractivity contribution in [1.82, 2.24) is 35.6 Å². The molecule has 53 heavy (non-hydrogen) atoms. The maximum absolute atomic E-state index is 13.6. The molecular formula is C40H41Cl2N7O4.